The van der Waals surface area contributed by atoms with Crippen LogP contribution in [-0.2, 0) is 0 Å². The second-order valence-corrected chi connectivity index (χ2v) is 5.61. The van der Waals surface area contributed by atoms with Crippen molar-refractivity contribution in [2.75, 3.05) is 0 Å². The second-order valence-electron chi connectivity index (χ2n) is 3.53. The van der Waals surface area contributed by atoms with Crippen molar-refractivity contribution in [2.24, 2.45) is 11.7 Å². The largest absolute Gasteiger partial charge is 0.324 e. The number of halogens is 2. The Morgan fingerprint density at radius 2 is 2.15 bits per heavy atom. The summed E-state index contributed by atoms with van der Waals surface area (Å²) in [7, 11) is 0. The van der Waals surface area contributed by atoms with Gasteiger partial charge in [0.2, 0.25) is 0 Å². The van der Waals surface area contributed by atoms with E-state index in [4.69, 9.17) is 5.73 Å². The average Bonchev–Trinajstić information content (AvgIpc) is 2.91. The fourth-order valence-corrected chi connectivity index (χ4v) is 2.55. The third-order valence-electron chi connectivity index (χ3n) is 2.45. The Bertz CT molecular complexity index is 323. The summed E-state index contributed by atoms with van der Waals surface area (Å²) in [5, 5.41) is 0. The van der Waals surface area contributed by atoms with E-state index in [0.717, 1.165) is 10.4 Å². The highest BCUT2D eigenvalue weighted by molar-refractivity contribution is 14.1. The zero-order valence-electron chi connectivity index (χ0n) is 7.13. The van der Waals surface area contributed by atoms with Crippen molar-refractivity contribution < 1.29 is 0 Å². The van der Waals surface area contributed by atoms with Gasteiger partial charge in [0.15, 0.2) is 0 Å². The van der Waals surface area contributed by atoms with E-state index < -0.39 is 0 Å². The lowest BCUT2D eigenvalue weighted by atomic mass is 10.0. The fraction of sp³-hybridized carbons (Fsp3) is 0.400. The van der Waals surface area contributed by atoms with Gasteiger partial charge < -0.3 is 5.73 Å². The van der Waals surface area contributed by atoms with E-state index in [1.807, 2.05) is 0 Å². The van der Waals surface area contributed by atoms with Gasteiger partial charge in [-0.2, -0.15) is 0 Å². The summed E-state index contributed by atoms with van der Waals surface area (Å²) in [4.78, 5) is 0. The Kier molecular flexibility index (Phi) is 2.95. The highest BCUT2D eigenvalue weighted by Crippen LogP contribution is 2.41. The maximum Gasteiger partial charge on any atom is 0.0334 e. The van der Waals surface area contributed by atoms with Gasteiger partial charge in [0.1, 0.15) is 0 Å². The third kappa shape index (κ3) is 2.25. The predicted octanol–water partition coefficient (Wildman–Crippen LogP) is 3.46. The van der Waals surface area contributed by atoms with Crippen LogP contribution in [0.4, 0.5) is 0 Å². The first-order valence-corrected chi connectivity index (χ1v) is 6.26. The van der Waals surface area contributed by atoms with Crippen LogP contribution in [0.3, 0.4) is 0 Å². The Hall–Kier alpha value is 0.390. The Labute approximate surface area is 100 Å². The van der Waals surface area contributed by atoms with Gasteiger partial charge in [0.05, 0.1) is 0 Å². The number of hydrogen-bond donors (Lipinski definition) is 1. The van der Waals surface area contributed by atoms with E-state index in [9.17, 15) is 0 Å². The molecule has 0 bridgehead atoms. The molecule has 3 heteroatoms. The van der Waals surface area contributed by atoms with E-state index in [-0.39, 0.29) is 6.04 Å². The van der Waals surface area contributed by atoms with Gasteiger partial charge in [-0.05, 0) is 65.1 Å². The van der Waals surface area contributed by atoms with Gasteiger partial charge in [0.25, 0.3) is 0 Å². The van der Waals surface area contributed by atoms with Gasteiger partial charge >= 0.3 is 0 Å². The molecule has 1 aromatic carbocycles. The maximum absolute atomic E-state index is 6.14. The van der Waals surface area contributed by atoms with Crippen molar-refractivity contribution in [3.8, 4) is 0 Å². The summed E-state index contributed by atoms with van der Waals surface area (Å²) in [6.45, 7) is 0. The van der Waals surface area contributed by atoms with Gasteiger partial charge in [0, 0.05) is 14.1 Å². The molecule has 0 heterocycles. The molecular weight excluding hydrogens is 341 g/mol. The molecule has 0 spiro atoms. The summed E-state index contributed by atoms with van der Waals surface area (Å²) in [5.74, 6) is 0.725. The molecule has 2 rings (SSSR count). The average molecular weight is 352 g/mol. The van der Waals surface area contributed by atoms with Crippen LogP contribution in [0, 0.1) is 9.49 Å². The highest BCUT2D eigenvalue weighted by atomic mass is 127. The minimum absolute atomic E-state index is 0.240. The first-order chi connectivity index (χ1) is 6.18. The zero-order chi connectivity index (χ0) is 9.42. The molecule has 0 saturated heterocycles. The minimum Gasteiger partial charge on any atom is -0.324 e. The van der Waals surface area contributed by atoms with E-state index in [1.54, 1.807) is 0 Å². The first-order valence-electron chi connectivity index (χ1n) is 4.39. The molecule has 0 unspecified atom stereocenters. The quantitative estimate of drug-likeness (QED) is 0.811. The van der Waals surface area contributed by atoms with Crippen molar-refractivity contribution in [2.45, 2.75) is 18.9 Å². The standard InChI is InChI=1S/C10H11BrIN/c11-7-3-4-9(12)8(5-7)10(13)6-1-2-6/h3-6,10H,1-2,13H2/t10-/m0/s1. The van der Waals surface area contributed by atoms with Crippen LogP contribution < -0.4 is 5.73 Å². The third-order valence-corrected chi connectivity index (χ3v) is 3.92. The van der Waals surface area contributed by atoms with Crippen LogP contribution in [0.15, 0.2) is 22.7 Å². The van der Waals surface area contributed by atoms with Gasteiger partial charge in [-0.15, -0.1) is 0 Å². The summed E-state index contributed by atoms with van der Waals surface area (Å²) < 4.78 is 2.40. The van der Waals surface area contributed by atoms with E-state index in [1.165, 1.54) is 22.0 Å². The van der Waals surface area contributed by atoms with E-state index in [2.05, 4.69) is 56.7 Å². The van der Waals surface area contributed by atoms with Crippen molar-refractivity contribution in [3.63, 3.8) is 0 Å². The molecule has 0 amide bonds. The molecule has 1 aromatic rings. The SMILES string of the molecule is N[C@H](c1cc(Br)ccc1I)C1CC1. The molecule has 1 nitrogen and oxygen atoms in total. The second kappa shape index (κ2) is 3.87. The lowest BCUT2D eigenvalue weighted by molar-refractivity contribution is 0.630. The molecule has 0 aromatic heterocycles. The Balaban J connectivity index is 2.31. The molecule has 70 valence electrons. The Morgan fingerprint density at radius 1 is 1.46 bits per heavy atom. The Morgan fingerprint density at radius 3 is 2.77 bits per heavy atom. The van der Waals surface area contributed by atoms with Crippen LogP contribution in [0.1, 0.15) is 24.4 Å². The molecule has 1 saturated carbocycles. The smallest absolute Gasteiger partial charge is 0.0334 e. The lowest BCUT2D eigenvalue weighted by Crippen LogP contribution is -2.13. The number of benzene rings is 1. The maximum atomic E-state index is 6.14. The molecule has 13 heavy (non-hydrogen) atoms. The van der Waals surface area contributed by atoms with Gasteiger partial charge in [-0.3, -0.25) is 0 Å². The van der Waals surface area contributed by atoms with Crippen LogP contribution in [0.5, 0.6) is 0 Å². The van der Waals surface area contributed by atoms with Crippen LogP contribution in [0.2, 0.25) is 0 Å². The molecule has 1 fully saturated rings. The first kappa shape index (κ1) is 9.93. The number of nitrogens with two attached hydrogens (primary N) is 1. The van der Waals surface area contributed by atoms with Crippen molar-refractivity contribution in [1.29, 1.82) is 0 Å². The summed E-state index contributed by atoms with van der Waals surface area (Å²) in [6, 6.07) is 6.56. The van der Waals surface area contributed by atoms with Gasteiger partial charge in [-0.25, -0.2) is 0 Å². The molecule has 1 aliphatic rings. The summed E-state index contributed by atoms with van der Waals surface area (Å²) in [5.41, 5.74) is 7.43. The molecule has 0 aliphatic heterocycles. The van der Waals surface area contributed by atoms with E-state index >= 15 is 0 Å². The molecule has 2 N–H and O–H groups in total. The minimum atomic E-state index is 0.240. The molecule has 1 aliphatic carbocycles. The van der Waals surface area contributed by atoms with Crippen molar-refractivity contribution in [3.05, 3.63) is 31.8 Å². The van der Waals surface area contributed by atoms with Crippen LogP contribution >= 0.6 is 38.5 Å². The van der Waals surface area contributed by atoms with E-state index in [0.29, 0.717) is 0 Å². The molecular formula is C10H11BrIN. The highest BCUT2D eigenvalue weighted by Gasteiger charge is 2.30. The summed E-state index contributed by atoms with van der Waals surface area (Å²) >= 11 is 5.83. The van der Waals surface area contributed by atoms with Crippen molar-refractivity contribution in [1.82, 2.24) is 0 Å². The fourth-order valence-electron chi connectivity index (χ4n) is 1.48. The van der Waals surface area contributed by atoms with Gasteiger partial charge in [-0.1, -0.05) is 15.9 Å². The topological polar surface area (TPSA) is 26.0 Å². The number of hydrogen-bond acceptors (Lipinski definition) is 1. The normalized spacial score (nSPS) is 18.7. The van der Waals surface area contributed by atoms with Crippen LogP contribution in [-0.4, -0.2) is 0 Å². The summed E-state index contributed by atoms with van der Waals surface area (Å²) in [6.07, 6.45) is 2.59. The number of rotatable bonds is 2. The predicted molar refractivity (Wildman–Crippen MR) is 66.5 cm³/mol. The molecule has 0 radical (unpaired) electrons. The zero-order valence-corrected chi connectivity index (χ0v) is 10.9. The lowest BCUT2D eigenvalue weighted by Gasteiger charge is -2.13. The molecule has 1 atom stereocenters. The van der Waals surface area contributed by atoms with Crippen molar-refractivity contribution >= 4 is 38.5 Å². The van der Waals surface area contributed by atoms with Crippen LogP contribution in [0.25, 0.3) is 0 Å². The monoisotopic (exact) mass is 351 g/mol.